The summed E-state index contributed by atoms with van der Waals surface area (Å²) >= 11 is 5.83. The molecule has 0 spiro atoms. The number of aromatic nitrogens is 1. The highest BCUT2D eigenvalue weighted by atomic mass is 35.5. The van der Waals surface area contributed by atoms with Crippen LogP contribution in [0.5, 0.6) is 0 Å². The zero-order valence-electron chi connectivity index (χ0n) is 9.61. The molecule has 1 aromatic rings. The summed E-state index contributed by atoms with van der Waals surface area (Å²) in [5, 5.41) is 4.17. The van der Waals surface area contributed by atoms with E-state index in [0.29, 0.717) is 6.29 Å². The number of anilines is 1. The summed E-state index contributed by atoms with van der Waals surface area (Å²) in [6.45, 7) is -0.133. The van der Waals surface area contributed by atoms with Crippen LogP contribution < -0.4 is 10.0 Å². The number of hydrogen-bond acceptors (Lipinski definition) is 5. The van der Waals surface area contributed by atoms with Gasteiger partial charge in [-0.05, 0) is 6.07 Å². The fourth-order valence-corrected chi connectivity index (χ4v) is 2.78. The van der Waals surface area contributed by atoms with Crippen molar-refractivity contribution in [1.29, 1.82) is 0 Å². The first-order valence-corrected chi connectivity index (χ1v) is 7.25. The molecular formula is C10H10ClN3O4S. The highest BCUT2D eigenvalue weighted by Crippen LogP contribution is 2.28. The van der Waals surface area contributed by atoms with Gasteiger partial charge in [-0.1, -0.05) is 11.6 Å². The lowest BCUT2D eigenvalue weighted by Gasteiger charge is -2.17. The summed E-state index contributed by atoms with van der Waals surface area (Å²) < 4.78 is 22.5. The third-order valence-electron chi connectivity index (χ3n) is 2.84. The van der Waals surface area contributed by atoms with Crippen LogP contribution in [0.1, 0.15) is 16.8 Å². The van der Waals surface area contributed by atoms with Crippen LogP contribution in [0.15, 0.2) is 12.3 Å². The van der Waals surface area contributed by atoms with Crippen molar-refractivity contribution in [2.75, 3.05) is 11.4 Å². The second kappa shape index (κ2) is 4.87. The molecule has 7 nitrogen and oxygen atoms in total. The number of primary sulfonamides is 1. The van der Waals surface area contributed by atoms with Gasteiger partial charge in [0.05, 0.1) is 10.6 Å². The highest BCUT2D eigenvalue weighted by Gasteiger charge is 2.38. The number of nitrogens with zero attached hydrogens (tertiary/aromatic N) is 2. The Kier molecular flexibility index (Phi) is 3.57. The number of pyridine rings is 1. The molecular weight excluding hydrogens is 294 g/mol. The number of carbonyl (C=O) groups excluding carboxylic acids is 2. The Morgan fingerprint density at radius 2 is 2.21 bits per heavy atom. The lowest BCUT2D eigenvalue weighted by molar-refractivity contribution is -0.117. The van der Waals surface area contributed by atoms with Crippen LogP contribution in [0.4, 0.5) is 5.82 Å². The van der Waals surface area contributed by atoms with E-state index in [1.807, 2.05) is 0 Å². The van der Waals surface area contributed by atoms with Crippen LogP contribution in [0.2, 0.25) is 5.02 Å². The quantitative estimate of drug-likeness (QED) is 0.787. The Morgan fingerprint density at radius 1 is 1.53 bits per heavy atom. The monoisotopic (exact) mass is 303 g/mol. The van der Waals surface area contributed by atoms with Gasteiger partial charge in [-0.25, -0.2) is 18.5 Å². The highest BCUT2D eigenvalue weighted by molar-refractivity contribution is 7.89. The first-order valence-electron chi connectivity index (χ1n) is 5.26. The molecule has 1 saturated heterocycles. The van der Waals surface area contributed by atoms with E-state index in [4.69, 9.17) is 16.7 Å². The minimum atomic E-state index is -3.82. The number of hydrogen-bond donors (Lipinski definition) is 1. The van der Waals surface area contributed by atoms with E-state index in [9.17, 15) is 18.0 Å². The molecule has 1 fully saturated rings. The van der Waals surface area contributed by atoms with E-state index in [1.165, 1.54) is 12.3 Å². The number of rotatable bonds is 3. The van der Waals surface area contributed by atoms with Gasteiger partial charge in [0.2, 0.25) is 15.9 Å². The van der Waals surface area contributed by atoms with Crippen molar-refractivity contribution in [3.63, 3.8) is 0 Å². The summed E-state index contributed by atoms with van der Waals surface area (Å²) in [4.78, 5) is 27.8. The van der Waals surface area contributed by atoms with Crippen LogP contribution >= 0.6 is 11.6 Å². The first-order chi connectivity index (χ1) is 8.84. The molecule has 9 heteroatoms. The number of amides is 1. The third kappa shape index (κ3) is 2.60. The van der Waals surface area contributed by atoms with Gasteiger partial charge in [0.15, 0.2) is 6.29 Å². The van der Waals surface area contributed by atoms with Gasteiger partial charge in [0.1, 0.15) is 11.1 Å². The van der Waals surface area contributed by atoms with Crippen molar-refractivity contribution in [2.45, 2.75) is 11.7 Å². The predicted octanol–water partition coefficient (Wildman–Crippen LogP) is -0.0587. The maximum absolute atomic E-state index is 11.8. The fraction of sp³-hybridized carbons (Fsp3) is 0.300. The van der Waals surface area contributed by atoms with E-state index < -0.39 is 21.2 Å². The van der Waals surface area contributed by atoms with Gasteiger partial charge in [-0.15, -0.1) is 0 Å². The molecule has 1 amide bonds. The number of halogens is 1. The summed E-state index contributed by atoms with van der Waals surface area (Å²) in [6.07, 6.45) is 1.58. The molecule has 2 N–H and O–H groups in total. The number of sulfonamides is 1. The average Bonchev–Trinajstić information content (AvgIpc) is 2.70. The topological polar surface area (TPSA) is 110 Å². The minimum absolute atomic E-state index is 0.0487. The van der Waals surface area contributed by atoms with Crippen molar-refractivity contribution < 1.29 is 18.0 Å². The summed E-state index contributed by atoms with van der Waals surface area (Å²) in [5.74, 6) is -0.407. The molecule has 1 aromatic heterocycles. The number of aldehydes is 1. The largest absolute Gasteiger partial charge is 0.298 e. The Balaban J connectivity index is 2.42. The third-order valence-corrected chi connectivity index (χ3v) is 4.42. The maximum atomic E-state index is 11.8. The lowest BCUT2D eigenvalue weighted by atomic mass is 10.2. The van der Waals surface area contributed by atoms with Crippen LogP contribution in [-0.2, 0) is 14.8 Å². The smallest absolute Gasteiger partial charge is 0.229 e. The molecule has 1 atom stereocenters. The molecule has 0 saturated carbocycles. The zero-order chi connectivity index (χ0) is 14.2. The Labute approximate surface area is 114 Å². The lowest BCUT2D eigenvalue weighted by Crippen LogP contribution is -2.32. The molecule has 0 radical (unpaired) electrons. The second-order valence-electron chi connectivity index (χ2n) is 4.07. The van der Waals surface area contributed by atoms with Crippen LogP contribution in [0.25, 0.3) is 0 Å². The van der Waals surface area contributed by atoms with E-state index in [1.54, 1.807) is 0 Å². The Morgan fingerprint density at radius 3 is 2.74 bits per heavy atom. The van der Waals surface area contributed by atoms with Crippen molar-refractivity contribution in [1.82, 2.24) is 4.98 Å². The van der Waals surface area contributed by atoms with E-state index in [2.05, 4.69) is 4.98 Å². The summed E-state index contributed by atoms with van der Waals surface area (Å²) in [5.41, 5.74) is 0.0487. The number of carbonyl (C=O) groups is 2. The predicted molar refractivity (Wildman–Crippen MR) is 68.5 cm³/mol. The molecule has 0 aromatic carbocycles. The summed E-state index contributed by atoms with van der Waals surface area (Å²) in [7, 11) is -3.82. The standard InChI is InChI=1S/C10H10ClN3O4S/c11-8-1-2-13-10(7(8)5-15)14-4-6(3-9(14)16)19(12,17)18/h1-2,5-6H,3-4H2,(H2,12,17,18). The summed E-state index contributed by atoms with van der Waals surface area (Å²) in [6, 6.07) is 1.41. The van der Waals surface area contributed by atoms with E-state index in [-0.39, 0.29) is 29.4 Å². The van der Waals surface area contributed by atoms with Crippen LogP contribution in [0, 0.1) is 0 Å². The fourth-order valence-electron chi connectivity index (χ4n) is 1.86. The van der Waals surface area contributed by atoms with Crippen molar-refractivity contribution in [2.24, 2.45) is 5.14 Å². The first kappa shape index (κ1) is 13.9. The maximum Gasteiger partial charge on any atom is 0.229 e. The van der Waals surface area contributed by atoms with Crippen LogP contribution in [-0.4, -0.2) is 37.4 Å². The molecule has 1 aliphatic heterocycles. The van der Waals surface area contributed by atoms with Gasteiger partial charge < -0.3 is 0 Å². The molecule has 1 aliphatic rings. The molecule has 2 rings (SSSR count). The van der Waals surface area contributed by atoms with Gasteiger partial charge in [-0.3, -0.25) is 14.5 Å². The van der Waals surface area contributed by atoms with Gasteiger partial charge >= 0.3 is 0 Å². The Bertz CT molecular complexity index is 646. The second-order valence-corrected chi connectivity index (χ2v) is 6.32. The molecule has 1 unspecified atom stereocenters. The van der Waals surface area contributed by atoms with Crippen molar-refractivity contribution in [3.8, 4) is 0 Å². The molecule has 2 heterocycles. The Hall–Kier alpha value is -1.51. The SMILES string of the molecule is NS(=O)(=O)C1CC(=O)N(c2nccc(Cl)c2C=O)C1. The molecule has 102 valence electrons. The van der Waals surface area contributed by atoms with Gasteiger partial charge in [0.25, 0.3) is 0 Å². The van der Waals surface area contributed by atoms with Crippen molar-refractivity contribution >= 4 is 39.6 Å². The molecule has 19 heavy (non-hydrogen) atoms. The molecule has 0 bridgehead atoms. The van der Waals surface area contributed by atoms with E-state index >= 15 is 0 Å². The minimum Gasteiger partial charge on any atom is -0.298 e. The normalized spacial score (nSPS) is 19.8. The van der Waals surface area contributed by atoms with Crippen molar-refractivity contribution in [3.05, 3.63) is 22.8 Å². The van der Waals surface area contributed by atoms with Gasteiger partial charge in [0, 0.05) is 19.2 Å². The van der Waals surface area contributed by atoms with Gasteiger partial charge in [-0.2, -0.15) is 0 Å². The van der Waals surface area contributed by atoms with E-state index in [0.717, 1.165) is 4.90 Å². The zero-order valence-corrected chi connectivity index (χ0v) is 11.2. The van der Waals surface area contributed by atoms with Crippen LogP contribution in [0.3, 0.4) is 0 Å². The average molecular weight is 304 g/mol. The number of nitrogens with two attached hydrogens (primary N) is 1. The molecule has 0 aliphatic carbocycles.